The van der Waals surface area contributed by atoms with Crippen molar-refractivity contribution in [2.75, 3.05) is 0 Å². The standard InChI is InChI=1S/C32H46F6O4/c1-20-23(18-24(39)19-27(20)40)12-11-22-9-6-16-29(4)25(13-14-26(22)29)21(8-5-15-28(2,3)41)10-7-17-30(42,31(33,34)35)32(36,37)38/h7,11-12,17,21,24-27,39-42H,1,5-6,8-10,13-16,18-19H2,2-4H3/b17-7-,22-11+,23-12-/t21-,24+,25+,26-,27-,29+/m0/s1/i2D3,3D3. The van der Waals surface area contributed by atoms with Crippen LogP contribution in [0.15, 0.2) is 47.6 Å². The number of fused-ring (bicyclic) bond motifs is 1. The Bertz CT molecular complexity index is 1230. The lowest BCUT2D eigenvalue weighted by Gasteiger charge is -2.45. The second-order valence-electron chi connectivity index (χ2n) is 12.6. The number of hydrogen-bond donors (Lipinski definition) is 4. The molecule has 0 aromatic carbocycles. The molecule has 0 spiro atoms. The van der Waals surface area contributed by atoms with Crippen molar-refractivity contribution in [2.24, 2.45) is 23.2 Å². The van der Waals surface area contributed by atoms with Gasteiger partial charge in [-0.2, -0.15) is 26.3 Å². The molecule has 0 unspecified atom stereocenters. The third kappa shape index (κ3) is 7.71. The molecule has 3 fully saturated rings. The van der Waals surface area contributed by atoms with Gasteiger partial charge in [0.2, 0.25) is 0 Å². The summed E-state index contributed by atoms with van der Waals surface area (Å²) in [6.07, 6.45) is -7.04. The van der Waals surface area contributed by atoms with Crippen LogP contribution in [0.5, 0.6) is 0 Å². The Morgan fingerprint density at radius 2 is 1.74 bits per heavy atom. The van der Waals surface area contributed by atoms with Gasteiger partial charge in [-0.1, -0.05) is 43.7 Å². The molecule has 4 nitrogen and oxygen atoms in total. The van der Waals surface area contributed by atoms with Gasteiger partial charge in [-0.25, -0.2) is 0 Å². The molecule has 0 radical (unpaired) electrons. The van der Waals surface area contributed by atoms with Crippen LogP contribution in [0, 0.1) is 23.2 Å². The van der Waals surface area contributed by atoms with E-state index >= 15 is 0 Å². The summed E-state index contributed by atoms with van der Waals surface area (Å²) in [6.45, 7) is -0.648. The fourth-order valence-electron chi connectivity index (χ4n) is 7.39. The van der Waals surface area contributed by atoms with Crippen LogP contribution in [0.25, 0.3) is 0 Å². The molecule has 6 atom stereocenters. The predicted octanol–water partition coefficient (Wildman–Crippen LogP) is 7.49. The molecule has 10 heteroatoms. The Morgan fingerprint density at radius 3 is 2.36 bits per heavy atom. The molecule has 0 aliphatic heterocycles. The highest BCUT2D eigenvalue weighted by Gasteiger charge is 2.69. The van der Waals surface area contributed by atoms with Crippen molar-refractivity contribution >= 4 is 0 Å². The van der Waals surface area contributed by atoms with E-state index in [4.69, 9.17) is 8.22 Å². The normalized spacial score (nSPS) is 35.4. The first kappa shape index (κ1) is 26.8. The molecule has 3 saturated carbocycles. The van der Waals surface area contributed by atoms with Crippen molar-refractivity contribution in [3.8, 4) is 0 Å². The van der Waals surface area contributed by atoms with E-state index in [1.807, 2.05) is 19.1 Å². The van der Waals surface area contributed by atoms with E-state index in [1.54, 1.807) is 0 Å². The summed E-state index contributed by atoms with van der Waals surface area (Å²) in [7, 11) is 0. The maximum atomic E-state index is 13.4. The molecule has 0 saturated heterocycles. The van der Waals surface area contributed by atoms with Crippen molar-refractivity contribution in [2.45, 2.75) is 127 Å². The van der Waals surface area contributed by atoms with Gasteiger partial charge in [0, 0.05) is 14.6 Å². The van der Waals surface area contributed by atoms with E-state index in [9.17, 15) is 46.8 Å². The van der Waals surface area contributed by atoms with Crippen molar-refractivity contribution in [3.63, 3.8) is 0 Å². The summed E-state index contributed by atoms with van der Waals surface area (Å²) < 4.78 is 126. The first-order chi connectivity index (χ1) is 21.7. The Morgan fingerprint density at radius 1 is 1.07 bits per heavy atom. The van der Waals surface area contributed by atoms with Gasteiger partial charge < -0.3 is 20.4 Å². The van der Waals surface area contributed by atoms with Gasteiger partial charge in [0.05, 0.1) is 17.8 Å². The zero-order valence-electron chi connectivity index (χ0n) is 29.7. The zero-order chi connectivity index (χ0) is 36.7. The van der Waals surface area contributed by atoms with Crippen LogP contribution in [0.2, 0.25) is 0 Å². The Labute approximate surface area is 253 Å². The van der Waals surface area contributed by atoms with Gasteiger partial charge in [-0.05, 0) is 112 Å². The van der Waals surface area contributed by atoms with Gasteiger partial charge in [0.1, 0.15) is 0 Å². The molecule has 0 bridgehead atoms. The number of aliphatic hydroxyl groups is 4. The number of halogens is 6. The van der Waals surface area contributed by atoms with Crippen molar-refractivity contribution in [1.82, 2.24) is 0 Å². The Kier molecular flexibility index (Phi) is 8.14. The van der Waals surface area contributed by atoms with Gasteiger partial charge in [-0.3, -0.25) is 0 Å². The second-order valence-corrected chi connectivity index (χ2v) is 12.6. The van der Waals surface area contributed by atoms with Crippen LogP contribution in [-0.4, -0.2) is 56.2 Å². The Balaban J connectivity index is 1.95. The van der Waals surface area contributed by atoms with Crippen LogP contribution >= 0.6 is 0 Å². The van der Waals surface area contributed by atoms with Crippen LogP contribution in [-0.2, 0) is 0 Å². The SMILES string of the molecule is [2H]C([2H])([2H])C(O)(CCC[C@@H](C/C=C\C(O)(C(F)(F)F)C(F)(F)F)[C@H]1CC[C@H]2/C(=C/C=C3/C[C@@H](O)C[C@H](O)C3=C)CCC[C@]12C)C([2H])([2H])[2H]. The molecule has 240 valence electrons. The van der Waals surface area contributed by atoms with Gasteiger partial charge in [-0.15, -0.1) is 0 Å². The lowest BCUT2D eigenvalue weighted by atomic mass is 9.60. The zero-order valence-corrected chi connectivity index (χ0v) is 23.7. The van der Waals surface area contributed by atoms with Crippen LogP contribution in [0.1, 0.15) is 99.5 Å². The van der Waals surface area contributed by atoms with E-state index in [-0.39, 0.29) is 43.6 Å². The molecule has 4 N–H and O–H groups in total. The highest BCUT2D eigenvalue weighted by atomic mass is 19.4. The Hall–Kier alpha value is -1.62. The summed E-state index contributed by atoms with van der Waals surface area (Å²) in [5.41, 5.74) is -6.35. The number of alkyl halides is 6. The summed E-state index contributed by atoms with van der Waals surface area (Å²) in [5, 5.41) is 40.8. The molecule has 0 amide bonds. The lowest BCUT2D eigenvalue weighted by Crippen LogP contribution is -2.55. The monoisotopic (exact) mass is 614 g/mol. The average molecular weight is 615 g/mol. The number of hydrogen-bond acceptors (Lipinski definition) is 4. The van der Waals surface area contributed by atoms with Crippen molar-refractivity contribution in [1.29, 1.82) is 0 Å². The summed E-state index contributed by atoms with van der Waals surface area (Å²) in [5.74, 6) is -0.939. The molecule has 0 aromatic heterocycles. The molecule has 3 rings (SSSR count). The topological polar surface area (TPSA) is 80.9 Å². The third-order valence-corrected chi connectivity index (χ3v) is 9.65. The maximum Gasteiger partial charge on any atom is 0.429 e. The van der Waals surface area contributed by atoms with Crippen LogP contribution in [0.4, 0.5) is 26.3 Å². The molecule has 0 heterocycles. The number of aliphatic hydroxyl groups excluding tert-OH is 2. The summed E-state index contributed by atoms with van der Waals surface area (Å²) in [4.78, 5) is 0. The summed E-state index contributed by atoms with van der Waals surface area (Å²) >= 11 is 0. The molecule has 0 aromatic rings. The quantitative estimate of drug-likeness (QED) is 0.160. The van der Waals surface area contributed by atoms with E-state index in [0.717, 1.165) is 18.4 Å². The van der Waals surface area contributed by atoms with Gasteiger partial charge in [0.25, 0.3) is 5.60 Å². The first-order valence-corrected chi connectivity index (χ1v) is 14.4. The summed E-state index contributed by atoms with van der Waals surface area (Å²) in [6, 6.07) is 0. The van der Waals surface area contributed by atoms with E-state index < -0.39 is 67.2 Å². The second kappa shape index (κ2) is 12.8. The highest BCUT2D eigenvalue weighted by molar-refractivity contribution is 5.38. The minimum absolute atomic E-state index is 0.000943. The van der Waals surface area contributed by atoms with E-state index in [1.165, 1.54) is 0 Å². The van der Waals surface area contributed by atoms with Gasteiger partial charge in [0.15, 0.2) is 0 Å². The lowest BCUT2D eigenvalue weighted by molar-refractivity contribution is -0.347. The van der Waals surface area contributed by atoms with Crippen molar-refractivity contribution < 1.29 is 55.0 Å². The predicted molar refractivity (Wildman–Crippen MR) is 149 cm³/mol. The van der Waals surface area contributed by atoms with Crippen molar-refractivity contribution in [3.05, 3.63) is 47.6 Å². The maximum absolute atomic E-state index is 13.4. The minimum atomic E-state index is -6.05. The molecule has 3 aliphatic carbocycles. The van der Waals surface area contributed by atoms with Crippen LogP contribution in [0.3, 0.4) is 0 Å². The highest BCUT2D eigenvalue weighted by Crippen LogP contribution is 2.60. The fraction of sp³-hybridized carbons (Fsp3) is 0.750. The molecular formula is C32H46F6O4. The van der Waals surface area contributed by atoms with Crippen LogP contribution < -0.4 is 0 Å². The van der Waals surface area contributed by atoms with Gasteiger partial charge >= 0.3 is 12.4 Å². The van der Waals surface area contributed by atoms with E-state index in [2.05, 4.69) is 6.58 Å². The number of allylic oxidation sites excluding steroid dienone is 4. The average Bonchev–Trinajstić information content (AvgIpc) is 3.28. The third-order valence-electron chi connectivity index (χ3n) is 9.65. The molecule has 3 aliphatic rings. The number of rotatable bonds is 9. The smallest absolute Gasteiger partial charge is 0.393 e. The minimum Gasteiger partial charge on any atom is -0.393 e. The fourth-order valence-corrected chi connectivity index (χ4v) is 7.39. The largest absolute Gasteiger partial charge is 0.429 e. The molecular weight excluding hydrogens is 562 g/mol. The first-order valence-electron chi connectivity index (χ1n) is 17.4. The molecule has 42 heavy (non-hydrogen) atoms. The van der Waals surface area contributed by atoms with E-state index in [0.29, 0.717) is 42.9 Å².